The third kappa shape index (κ3) is 4.15. The third-order valence-corrected chi connectivity index (χ3v) is 3.85. The molecule has 0 aliphatic rings. The number of benzene rings is 1. The minimum Gasteiger partial charge on any atom is -0.389 e. The van der Waals surface area contributed by atoms with Gasteiger partial charge in [-0.05, 0) is 23.3 Å². The average molecular weight is 244 g/mol. The summed E-state index contributed by atoms with van der Waals surface area (Å²) >= 11 is 0. The number of aliphatic hydroxyl groups excluding tert-OH is 1. The van der Waals surface area contributed by atoms with Crippen molar-refractivity contribution in [2.24, 2.45) is 17.8 Å². The molecule has 0 aromatic heterocycles. The lowest BCUT2D eigenvalue weighted by molar-refractivity contribution is 0.116. The molecule has 1 N–H and O–H groups in total. The Hall–Kier alpha value is -1.34. The SMILES string of the molecule is C=C[C@H](C)C(C)[C@H](C)[C@@H](O)/C=C/c1ccccc1. The summed E-state index contributed by atoms with van der Waals surface area (Å²) in [6.07, 6.45) is 5.40. The van der Waals surface area contributed by atoms with Crippen molar-refractivity contribution >= 4 is 6.08 Å². The molecule has 0 spiro atoms. The number of aliphatic hydroxyl groups is 1. The summed E-state index contributed by atoms with van der Waals surface area (Å²) in [5.41, 5.74) is 1.12. The topological polar surface area (TPSA) is 20.2 Å². The molecule has 18 heavy (non-hydrogen) atoms. The molecule has 0 radical (unpaired) electrons. The highest BCUT2D eigenvalue weighted by Crippen LogP contribution is 2.25. The number of rotatable bonds is 6. The van der Waals surface area contributed by atoms with E-state index in [1.807, 2.05) is 48.6 Å². The van der Waals surface area contributed by atoms with Gasteiger partial charge in [-0.1, -0.05) is 69.3 Å². The zero-order valence-electron chi connectivity index (χ0n) is 11.6. The van der Waals surface area contributed by atoms with Crippen LogP contribution in [0.4, 0.5) is 0 Å². The van der Waals surface area contributed by atoms with E-state index in [-0.39, 0.29) is 5.92 Å². The van der Waals surface area contributed by atoms with E-state index in [4.69, 9.17) is 0 Å². The van der Waals surface area contributed by atoms with Crippen LogP contribution >= 0.6 is 0 Å². The third-order valence-electron chi connectivity index (χ3n) is 3.85. The Kier molecular flexibility index (Phi) is 5.87. The van der Waals surface area contributed by atoms with Crippen LogP contribution in [0.3, 0.4) is 0 Å². The second-order valence-corrected chi connectivity index (χ2v) is 5.07. The summed E-state index contributed by atoms with van der Waals surface area (Å²) in [7, 11) is 0. The lowest BCUT2D eigenvalue weighted by Crippen LogP contribution is -2.25. The molecule has 1 aromatic rings. The first-order chi connectivity index (χ1) is 8.56. The van der Waals surface area contributed by atoms with Crippen LogP contribution in [0.15, 0.2) is 49.1 Å². The lowest BCUT2D eigenvalue weighted by atomic mass is 9.82. The molecule has 0 aliphatic carbocycles. The Balaban J connectivity index is 2.62. The van der Waals surface area contributed by atoms with Crippen LogP contribution in [0.25, 0.3) is 6.08 Å². The summed E-state index contributed by atoms with van der Waals surface area (Å²) in [6, 6.07) is 10.0. The van der Waals surface area contributed by atoms with E-state index >= 15 is 0 Å². The molecule has 0 bridgehead atoms. The molecule has 1 nitrogen and oxygen atoms in total. The van der Waals surface area contributed by atoms with Gasteiger partial charge in [0, 0.05) is 0 Å². The van der Waals surface area contributed by atoms with Gasteiger partial charge in [0.05, 0.1) is 6.10 Å². The molecular formula is C17H24O. The highest BCUT2D eigenvalue weighted by Gasteiger charge is 2.21. The van der Waals surface area contributed by atoms with E-state index in [1.165, 1.54) is 0 Å². The van der Waals surface area contributed by atoms with Gasteiger partial charge in [-0.25, -0.2) is 0 Å². The summed E-state index contributed by atoms with van der Waals surface area (Å²) < 4.78 is 0. The molecule has 0 saturated carbocycles. The van der Waals surface area contributed by atoms with E-state index in [1.54, 1.807) is 0 Å². The van der Waals surface area contributed by atoms with Gasteiger partial charge in [-0.3, -0.25) is 0 Å². The fourth-order valence-corrected chi connectivity index (χ4v) is 1.95. The smallest absolute Gasteiger partial charge is 0.0752 e. The summed E-state index contributed by atoms with van der Waals surface area (Å²) in [6.45, 7) is 10.2. The van der Waals surface area contributed by atoms with Crippen molar-refractivity contribution in [2.45, 2.75) is 26.9 Å². The second-order valence-electron chi connectivity index (χ2n) is 5.07. The van der Waals surface area contributed by atoms with Gasteiger partial charge in [0.1, 0.15) is 0 Å². The molecule has 98 valence electrons. The maximum absolute atomic E-state index is 10.2. The minimum atomic E-state index is -0.414. The monoisotopic (exact) mass is 244 g/mol. The zero-order chi connectivity index (χ0) is 13.5. The molecule has 1 rings (SSSR count). The van der Waals surface area contributed by atoms with Crippen LogP contribution in [0.5, 0.6) is 0 Å². The van der Waals surface area contributed by atoms with E-state index in [2.05, 4.69) is 27.4 Å². The van der Waals surface area contributed by atoms with Crippen LogP contribution < -0.4 is 0 Å². The van der Waals surface area contributed by atoms with Crippen molar-refractivity contribution in [2.75, 3.05) is 0 Å². The quantitative estimate of drug-likeness (QED) is 0.745. The number of allylic oxidation sites excluding steroid dienone is 1. The van der Waals surface area contributed by atoms with Crippen LogP contribution in [0.2, 0.25) is 0 Å². The Morgan fingerprint density at radius 1 is 1.06 bits per heavy atom. The average Bonchev–Trinajstić information content (AvgIpc) is 2.43. The zero-order valence-corrected chi connectivity index (χ0v) is 11.6. The van der Waals surface area contributed by atoms with E-state index in [0.717, 1.165) is 5.56 Å². The van der Waals surface area contributed by atoms with Crippen molar-refractivity contribution in [1.29, 1.82) is 0 Å². The summed E-state index contributed by atoms with van der Waals surface area (Å²) in [5.74, 6) is 1.05. The standard InChI is InChI=1S/C17H24O/c1-5-13(2)14(3)15(4)17(18)12-11-16-9-7-6-8-10-16/h5-15,17-18H,1H2,2-4H3/b12-11+/t13-,14?,15-,17-/m0/s1. The molecule has 4 atom stereocenters. The van der Waals surface area contributed by atoms with E-state index in [9.17, 15) is 5.11 Å². The molecule has 0 fully saturated rings. The predicted octanol–water partition coefficient (Wildman–Crippen LogP) is 4.16. The van der Waals surface area contributed by atoms with Crippen LogP contribution in [0, 0.1) is 17.8 Å². The molecule has 1 unspecified atom stereocenters. The van der Waals surface area contributed by atoms with Gasteiger partial charge in [0.2, 0.25) is 0 Å². The van der Waals surface area contributed by atoms with Gasteiger partial charge < -0.3 is 5.11 Å². The van der Waals surface area contributed by atoms with Gasteiger partial charge in [-0.2, -0.15) is 0 Å². The summed E-state index contributed by atoms with van der Waals surface area (Å²) in [5, 5.41) is 10.2. The number of hydrogen-bond donors (Lipinski definition) is 1. The van der Waals surface area contributed by atoms with Gasteiger partial charge in [0.15, 0.2) is 0 Å². The van der Waals surface area contributed by atoms with Crippen molar-refractivity contribution in [3.05, 3.63) is 54.6 Å². The molecular weight excluding hydrogens is 220 g/mol. The minimum absolute atomic E-state index is 0.220. The van der Waals surface area contributed by atoms with Crippen LogP contribution in [-0.2, 0) is 0 Å². The number of hydrogen-bond acceptors (Lipinski definition) is 1. The van der Waals surface area contributed by atoms with E-state index < -0.39 is 6.10 Å². The molecule has 0 amide bonds. The first-order valence-electron chi connectivity index (χ1n) is 6.60. The van der Waals surface area contributed by atoms with Gasteiger partial charge in [-0.15, -0.1) is 6.58 Å². The Morgan fingerprint density at radius 3 is 2.22 bits per heavy atom. The van der Waals surface area contributed by atoms with Crippen molar-refractivity contribution in [3.8, 4) is 0 Å². The maximum atomic E-state index is 10.2. The fourth-order valence-electron chi connectivity index (χ4n) is 1.95. The van der Waals surface area contributed by atoms with Gasteiger partial charge >= 0.3 is 0 Å². The Bertz CT molecular complexity index is 380. The van der Waals surface area contributed by atoms with Crippen LogP contribution in [-0.4, -0.2) is 11.2 Å². The normalized spacial score (nSPS) is 18.2. The maximum Gasteiger partial charge on any atom is 0.0752 e. The first-order valence-corrected chi connectivity index (χ1v) is 6.60. The molecule has 1 aromatic carbocycles. The highest BCUT2D eigenvalue weighted by atomic mass is 16.3. The lowest BCUT2D eigenvalue weighted by Gasteiger charge is -2.26. The molecule has 1 heteroatoms. The highest BCUT2D eigenvalue weighted by molar-refractivity contribution is 5.49. The van der Waals surface area contributed by atoms with Crippen molar-refractivity contribution < 1.29 is 5.11 Å². The predicted molar refractivity (Wildman–Crippen MR) is 79.2 cm³/mol. The van der Waals surface area contributed by atoms with Crippen molar-refractivity contribution in [1.82, 2.24) is 0 Å². The Labute approximate surface area is 111 Å². The molecule has 0 heterocycles. The van der Waals surface area contributed by atoms with Gasteiger partial charge in [0.25, 0.3) is 0 Å². The Morgan fingerprint density at radius 2 is 1.67 bits per heavy atom. The second kappa shape index (κ2) is 7.17. The molecule has 0 aliphatic heterocycles. The van der Waals surface area contributed by atoms with Crippen LogP contribution in [0.1, 0.15) is 26.3 Å². The summed E-state index contributed by atoms with van der Waals surface area (Å²) in [4.78, 5) is 0. The molecule has 0 saturated heterocycles. The van der Waals surface area contributed by atoms with Crippen molar-refractivity contribution in [3.63, 3.8) is 0 Å². The van der Waals surface area contributed by atoms with E-state index in [0.29, 0.717) is 11.8 Å². The fraction of sp³-hybridized carbons (Fsp3) is 0.412. The first kappa shape index (κ1) is 14.7. The largest absolute Gasteiger partial charge is 0.389 e.